The summed E-state index contributed by atoms with van der Waals surface area (Å²) in [6.07, 6.45) is 5.72. The SMILES string of the molecule is CCC1CCCC(OC(=O)CNc2cccc(Cl)c2)C1. The highest BCUT2D eigenvalue weighted by atomic mass is 35.5. The van der Waals surface area contributed by atoms with E-state index in [1.54, 1.807) is 12.1 Å². The second-order valence-electron chi connectivity index (χ2n) is 5.42. The lowest BCUT2D eigenvalue weighted by Gasteiger charge is -2.28. The van der Waals surface area contributed by atoms with Gasteiger partial charge in [0, 0.05) is 10.7 Å². The quantitative estimate of drug-likeness (QED) is 0.825. The fraction of sp³-hybridized carbons (Fsp3) is 0.562. The summed E-state index contributed by atoms with van der Waals surface area (Å²) in [7, 11) is 0. The van der Waals surface area contributed by atoms with Crippen LogP contribution in [0.4, 0.5) is 5.69 Å². The molecule has 0 heterocycles. The molecule has 0 aromatic heterocycles. The van der Waals surface area contributed by atoms with Gasteiger partial charge >= 0.3 is 5.97 Å². The average Bonchev–Trinajstić information content (AvgIpc) is 2.45. The third-order valence-corrected chi connectivity index (χ3v) is 4.11. The zero-order chi connectivity index (χ0) is 14.4. The summed E-state index contributed by atoms with van der Waals surface area (Å²) in [6, 6.07) is 7.33. The summed E-state index contributed by atoms with van der Waals surface area (Å²) in [6.45, 7) is 2.39. The number of carbonyl (C=O) groups excluding carboxylic acids is 1. The van der Waals surface area contributed by atoms with E-state index in [4.69, 9.17) is 16.3 Å². The van der Waals surface area contributed by atoms with Crippen molar-refractivity contribution in [3.63, 3.8) is 0 Å². The molecule has 0 aliphatic heterocycles. The van der Waals surface area contributed by atoms with Crippen LogP contribution in [0.1, 0.15) is 39.0 Å². The molecule has 1 aromatic rings. The van der Waals surface area contributed by atoms with Gasteiger partial charge in [-0.2, -0.15) is 0 Å². The minimum absolute atomic E-state index is 0.0994. The standard InChI is InChI=1S/C16H22ClNO2/c1-2-12-5-3-8-15(9-12)20-16(19)11-18-14-7-4-6-13(17)10-14/h4,6-7,10,12,15,18H,2-3,5,8-9,11H2,1H3. The Morgan fingerprint density at radius 1 is 1.45 bits per heavy atom. The third kappa shape index (κ3) is 4.71. The Hall–Kier alpha value is -1.22. The molecular weight excluding hydrogens is 274 g/mol. The smallest absolute Gasteiger partial charge is 0.325 e. The van der Waals surface area contributed by atoms with E-state index in [0.29, 0.717) is 10.9 Å². The molecule has 1 aliphatic rings. The maximum Gasteiger partial charge on any atom is 0.325 e. The van der Waals surface area contributed by atoms with Crippen molar-refractivity contribution in [2.45, 2.75) is 45.1 Å². The van der Waals surface area contributed by atoms with Crippen LogP contribution in [-0.2, 0) is 9.53 Å². The van der Waals surface area contributed by atoms with E-state index in [0.717, 1.165) is 24.9 Å². The predicted molar refractivity (Wildman–Crippen MR) is 82.1 cm³/mol. The van der Waals surface area contributed by atoms with Gasteiger partial charge in [-0.1, -0.05) is 37.4 Å². The van der Waals surface area contributed by atoms with Gasteiger partial charge in [0.2, 0.25) is 0 Å². The molecule has 2 rings (SSSR count). The summed E-state index contributed by atoms with van der Waals surface area (Å²) in [4.78, 5) is 11.8. The number of nitrogens with one attached hydrogen (secondary N) is 1. The van der Waals surface area contributed by atoms with Gasteiger partial charge in [-0.25, -0.2) is 0 Å². The lowest BCUT2D eigenvalue weighted by molar-refractivity contribution is -0.149. The van der Waals surface area contributed by atoms with Crippen molar-refractivity contribution in [3.05, 3.63) is 29.3 Å². The van der Waals surface area contributed by atoms with E-state index in [-0.39, 0.29) is 18.6 Å². The Morgan fingerprint density at radius 3 is 3.05 bits per heavy atom. The van der Waals surface area contributed by atoms with Crippen molar-refractivity contribution in [2.24, 2.45) is 5.92 Å². The summed E-state index contributed by atoms with van der Waals surface area (Å²) in [5, 5.41) is 3.70. The topological polar surface area (TPSA) is 38.3 Å². The van der Waals surface area contributed by atoms with E-state index < -0.39 is 0 Å². The first-order valence-corrected chi connectivity index (χ1v) is 7.74. The van der Waals surface area contributed by atoms with Gasteiger partial charge < -0.3 is 10.1 Å². The molecule has 1 aliphatic carbocycles. The van der Waals surface area contributed by atoms with Gasteiger partial charge in [0.05, 0.1) is 0 Å². The van der Waals surface area contributed by atoms with E-state index in [1.165, 1.54) is 12.8 Å². The summed E-state index contributed by atoms with van der Waals surface area (Å²) in [5.41, 5.74) is 0.838. The molecule has 2 atom stereocenters. The van der Waals surface area contributed by atoms with Crippen LogP contribution in [0.2, 0.25) is 5.02 Å². The molecule has 2 unspecified atom stereocenters. The van der Waals surface area contributed by atoms with E-state index in [1.807, 2.05) is 12.1 Å². The maximum absolute atomic E-state index is 11.8. The molecule has 0 radical (unpaired) electrons. The molecular formula is C16H22ClNO2. The molecule has 1 N–H and O–H groups in total. The minimum atomic E-state index is -0.188. The highest BCUT2D eigenvalue weighted by molar-refractivity contribution is 6.30. The highest BCUT2D eigenvalue weighted by Crippen LogP contribution is 2.28. The number of anilines is 1. The summed E-state index contributed by atoms with van der Waals surface area (Å²) < 4.78 is 5.54. The fourth-order valence-corrected chi connectivity index (χ4v) is 2.91. The number of hydrogen-bond donors (Lipinski definition) is 1. The molecule has 0 bridgehead atoms. The van der Waals surface area contributed by atoms with Crippen molar-refractivity contribution in [1.29, 1.82) is 0 Å². The van der Waals surface area contributed by atoms with Crippen LogP contribution in [0.15, 0.2) is 24.3 Å². The van der Waals surface area contributed by atoms with E-state index >= 15 is 0 Å². The Bertz CT molecular complexity index is 450. The number of carbonyl (C=O) groups is 1. The normalized spacial score (nSPS) is 22.3. The predicted octanol–water partition coefficient (Wildman–Crippen LogP) is 4.26. The van der Waals surface area contributed by atoms with Crippen molar-refractivity contribution >= 4 is 23.3 Å². The maximum atomic E-state index is 11.8. The third-order valence-electron chi connectivity index (χ3n) is 3.87. The van der Waals surface area contributed by atoms with Crippen molar-refractivity contribution < 1.29 is 9.53 Å². The Kier molecular flexibility index (Phi) is 5.72. The first-order chi connectivity index (χ1) is 9.67. The summed E-state index contributed by atoms with van der Waals surface area (Å²) in [5.74, 6) is 0.522. The number of rotatable bonds is 5. The monoisotopic (exact) mass is 295 g/mol. The Morgan fingerprint density at radius 2 is 2.30 bits per heavy atom. The number of benzene rings is 1. The van der Waals surface area contributed by atoms with Crippen LogP contribution in [0.5, 0.6) is 0 Å². The number of ether oxygens (including phenoxy) is 1. The first kappa shape index (κ1) is 15.2. The highest BCUT2D eigenvalue weighted by Gasteiger charge is 2.23. The van der Waals surface area contributed by atoms with Crippen LogP contribution in [0, 0.1) is 5.92 Å². The molecule has 1 fully saturated rings. The average molecular weight is 296 g/mol. The van der Waals surface area contributed by atoms with Gasteiger partial charge in [-0.05, 0) is 43.4 Å². The van der Waals surface area contributed by atoms with Gasteiger partial charge in [0.15, 0.2) is 0 Å². The van der Waals surface area contributed by atoms with Crippen molar-refractivity contribution in [2.75, 3.05) is 11.9 Å². The number of halogens is 1. The molecule has 110 valence electrons. The molecule has 0 spiro atoms. The van der Waals surface area contributed by atoms with Gasteiger partial charge in [-0.15, -0.1) is 0 Å². The molecule has 3 nitrogen and oxygen atoms in total. The van der Waals surface area contributed by atoms with Crippen molar-refractivity contribution in [3.8, 4) is 0 Å². The lowest BCUT2D eigenvalue weighted by atomic mass is 9.85. The van der Waals surface area contributed by atoms with Crippen LogP contribution in [0.25, 0.3) is 0 Å². The second-order valence-corrected chi connectivity index (χ2v) is 5.85. The first-order valence-electron chi connectivity index (χ1n) is 7.36. The van der Waals surface area contributed by atoms with Crippen molar-refractivity contribution in [1.82, 2.24) is 0 Å². The van der Waals surface area contributed by atoms with Crippen LogP contribution >= 0.6 is 11.6 Å². The van der Waals surface area contributed by atoms with Crippen LogP contribution in [0.3, 0.4) is 0 Å². The molecule has 1 aromatic carbocycles. The lowest BCUT2D eigenvalue weighted by Crippen LogP contribution is -2.28. The van der Waals surface area contributed by atoms with Crippen LogP contribution in [-0.4, -0.2) is 18.6 Å². The largest absolute Gasteiger partial charge is 0.461 e. The molecule has 0 amide bonds. The van der Waals surface area contributed by atoms with E-state index in [9.17, 15) is 4.79 Å². The zero-order valence-corrected chi connectivity index (χ0v) is 12.7. The zero-order valence-electron chi connectivity index (χ0n) is 11.9. The number of hydrogen-bond acceptors (Lipinski definition) is 3. The molecule has 0 saturated heterocycles. The fourth-order valence-electron chi connectivity index (χ4n) is 2.72. The minimum Gasteiger partial charge on any atom is -0.461 e. The van der Waals surface area contributed by atoms with Gasteiger partial charge in [-0.3, -0.25) is 4.79 Å². The van der Waals surface area contributed by atoms with Gasteiger partial charge in [0.1, 0.15) is 12.6 Å². The second kappa shape index (κ2) is 7.53. The molecule has 1 saturated carbocycles. The molecule has 20 heavy (non-hydrogen) atoms. The number of esters is 1. The van der Waals surface area contributed by atoms with Gasteiger partial charge in [0.25, 0.3) is 0 Å². The Balaban J connectivity index is 1.75. The van der Waals surface area contributed by atoms with E-state index in [2.05, 4.69) is 12.2 Å². The van der Waals surface area contributed by atoms with Crippen LogP contribution < -0.4 is 5.32 Å². The Labute approximate surface area is 125 Å². The summed E-state index contributed by atoms with van der Waals surface area (Å²) >= 11 is 5.89. The molecule has 4 heteroatoms.